The SMILES string of the molecule is CCOC(=O)C1CCCN1.CNCc1ccccc1. The maximum absolute atomic E-state index is 11.0. The molecule has 1 unspecified atom stereocenters. The van der Waals surface area contributed by atoms with Crippen molar-refractivity contribution in [3.05, 3.63) is 35.9 Å². The lowest BCUT2D eigenvalue weighted by Crippen LogP contribution is -2.32. The molecule has 1 heterocycles. The highest BCUT2D eigenvalue weighted by Gasteiger charge is 2.22. The van der Waals surface area contributed by atoms with E-state index in [1.165, 1.54) is 5.56 Å². The molecular weight excluding hydrogens is 240 g/mol. The van der Waals surface area contributed by atoms with Crippen molar-refractivity contribution in [1.82, 2.24) is 10.6 Å². The maximum atomic E-state index is 11.0. The molecule has 0 radical (unpaired) electrons. The smallest absolute Gasteiger partial charge is 0.323 e. The normalized spacial score (nSPS) is 17.5. The lowest BCUT2D eigenvalue weighted by atomic mass is 10.2. The van der Waals surface area contributed by atoms with E-state index in [9.17, 15) is 4.79 Å². The summed E-state index contributed by atoms with van der Waals surface area (Å²) in [6.07, 6.45) is 2.02. The lowest BCUT2D eigenvalue weighted by Gasteiger charge is -2.07. The molecule has 4 nitrogen and oxygen atoms in total. The number of esters is 1. The summed E-state index contributed by atoms with van der Waals surface area (Å²) in [6, 6.07) is 10.3. The van der Waals surface area contributed by atoms with Crippen molar-refractivity contribution in [1.29, 1.82) is 0 Å². The Bertz CT molecular complexity index is 348. The molecule has 0 amide bonds. The molecule has 2 rings (SSSR count). The molecule has 1 aromatic rings. The van der Waals surface area contributed by atoms with Gasteiger partial charge in [-0.15, -0.1) is 0 Å². The van der Waals surface area contributed by atoms with Crippen molar-refractivity contribution in [2.45, 2.75) is 32.4 Å². The molecule has 1 atom stereocenters. The number of ether oxygens (including phenoxy) is 1. The highest BCUT2D eigenvalue weighted by Crippen LogP contribution is 2.05. The molecule has 19 heavy (non-hydrogen) atoms. The Labute approximate surface area is 115 Å². The second-order valence-electron chi connectivity index (χ2n) is 4.42. The largest absolute Gasteiger partial charge is 0.465 e. The molecule has 2 N–H and O–H groups in total. The van der Waals surface area contributed by atoms with E-state index in [4.69, 9.17) is 4.74 Å². The van der Waals surface area contributed by atoms with Gasteiger partial charge < -0.3 is 15.4 Å². The van der Waals surface area contributed by atoms with Crippen LogP contribution in [0.25, 0.3) is 0 Å². The number of rotatable bonds is 4. The van der Waals surface area contributed by atoms with Gasteiger partial charge >= 0.3 is 5.97 Å². The van der Waals surface area contributed by atoms with Crippen molar-refractivity contribution in [2.24, 2.45) is 0 Å². The Kier molecular flexibility index (Phi) is 7.86. The molecule has 0 aromatic heterocycles. The third kappa shape index (κ3) is 6.36. The van der Waals surface area contributed by atoms with E-state index in [1.54, 1.807) is 0 Å². The highest BCUT2D eigenvalue weighted by atomic mass is 16.5. The topological polar surface area (TPSA) is 50.4 Å². The molecule has 106 valence electrons. The first-order valence-electron chi connectivity index (χ1n) is 6.86. The fraction of sp³-hybridized carbons (Fsp3) is 0.533. The van der Waals surface area contributed by atoms with Crippen molar-refractivity contribution >= 4 is 5.97 Å². The van der Waals surface area contributed by atoms with E-state index >= 15 is 0 Å². The number of hydrogen-bond donors (Lipinski definition) is 2. The van der Waals surface area contributed by atoms with Gasteiger partial charge in [-0.25, -0.2) is 0 Å². The Morgan fingerprint density at radius 2 is 2.16 bits per heavy atom. The van der Waals surface area contributed by atoms with Crippen LogP contribution in [0.1, 0.15) is 25.3 Å². The van der Waals surface area contributed by atoms with E-state index in [0.29, 0.717) is 6.61 Å². The van der Waals surface area contributed by atoms with Crippen LogP contribution in [-0.2, 0) is 16.1 Å². The average molecular weight is 264 g/mol. The minimum Gasteiger partial charge on any atom is -0.465 e. The summed E-state index contributed by atoms with van der Waals surface area (Å²) < 4.78 is 4.82. The van der Waals surface area contributed by atoms with Crippen LogP contribution in [0.5, 0.6) is 0 Å². The molecule has 0 aliphatic carbocycles. The number of carbonyl (C=O) groups excluding carboxylic acids is 1. The zero-order chi connectivity index (χ0) is 13.9. The fourth-order valence-electron chi connectivity index (χ4n) is 1.93. The summed E-state index contributed by atoms with van der Waals surface area (Å²) in [5, 5.41) is 6.15. The van der Waals surface area contributed by atoms with Gasteiger partial charge in [0, 0.05) is 6.54 Å². The van der Waals surface area contributed by atoms with Gasteiger partial charge in [-0.3, -0.25) is 4.79 Å². The van der Waals surface area contributed by atoms with Crippen LogP contribution < -0.4 is 10.6 Å². The quantitative estimate of drug-likeness (QED) is 0.813. The number of carbonyl (C=O) groups is 1. The number of benzene rings is 1. The molecular formula is C15H24N2O2. The van der Waals surface area contributed by atoms with Crippen LogP contribution in [0, 0.1) is 0 Å². The predicted octanol–water partition coefficient (Wildman–Crippen LogP) is 1.71. The molecule has 0 bridgehead atoms. The van der Waals surface area contributed by atoms with E-state index < -0.39 is 0 Å². The van der Waals surface area contributed by atoms with Crippen LogP contribution in [0.4, 0.5) is 0 Å². The molecule has 1 saturated heterocycles. The zero-order valence-electron chi connectivity index (χ0n) is 11.8. The van der Waals surface area contributed by atoms with Gasteiger partial charge in [-0.1, -0.05) is 30.3 Å². The van der Waals surface area contributed by atoms with E-state index in [1.807, 2.05) is 32.2 Å². The van der Waals surface area contributed by atoms with Crippen LogP contribution in [0.15, 0.2) is 30.3 Å². The van der Waals surface area contributed by atoms with Gasteiger partial charge in [0.15, 0.2) is 0 Å². The minimum atomic E-state index is -0.0972. The van der Waals surface area contributed by atoms with Crippen LogP contribution >= 0.6 is 0 Å². The fourth-order valence-corrected chi connectivity index (χ4v) is 1.93. The van der Waals surface area contributed by atoms with Crippen LogP contribution in [-0.4, -0.2) is 32.2 Å². The van der Waals surface area contributed by atoms with Crippen LogP contribution in [0.2, 0.25) is 0 Å². The standard InChI is InChI=1S/C8H11N.C7H13NO2/c1-9-7-8-5-3-2-4-6-8;1-2-10-7(9)6-4-3-5-8-6/h2-6,9H,7H2,1H3;6,8H,2-5H2,1H3. The van der Waals surface area contributed by atoms with Gasteiger partial charge in [0.2, 0.25) is 0 Å². The second-order valence-corrected chi connectivity index (χ2v) is 4.42. The molecule has 1 fully saturated rings. The molecule has 4 heteroatoms. The lowest BCUT2D eigenvalue weighted by molar-refractivity contribution is -0.145. The summed E-state index contributed by atoms with van der Waals surface area (Å²) in [5.41, 5.74) is 1.33. The number of nitrogens with one attached hydrogen (secondary N) is 2. The van der Waals surface area contributed by atoms with Crippen molar-refractivity contribution in [3.8, 4) is 0 Å². The highest BCUT2D eigenvalue weighted by molar-refractivity contribution is 5.76. The monoisotopic (exact) mass is 264 g/mol. The summed E-state index contributed by atoms with van der Waals surface area (Å²) in [5.74, 6) is -0.0972. The Morgan fingerprint density at radius 3 is 2.68 bits per heavy atom. The molecule has 1 aromatic carbocycles. The Morgan fingerprint density at radius 1 is 1.42 bits per heavy atom. The first kappa shape index (κ1) is 15.7. The molecule has 1 aliphatic heterocycles. The molecule has 0 spiro atoms. The molecule has 1 aliphatic rings. The minimum absolute atomic E-state index is 0.0278. The van der Waals surface area contributed by atoms with E-state index in [0.717, 1.165) is 25.9 Å². The van der Waals surface area contributed by atoms with Crippen molar-refractivity contribution in [3.63, 3.8) is 0 Å². The van der Waals surface area contributed by atoms with Crippen LogP contribution in [0.3, 0.4) is 0 Å². The summed E-state index contributed by atoms with van der Waals surface area (Å²) in [6.45, 7) is 4.22. The Hall–Kier alpha value is -1.39. The van der Waals surface area contributed by atoms with Gasteiger partial charge in [0.25, 0.3) is 0 Å². The Balaban J connectivity index is 0.000000191. The molecule has 0 saturated carbocycles. The third-order valence-electron chi connectivity index (χ3n) is 2.86. The average Bonchev–Trinajstić information content (AvgIpc) is 2.95. The third-order valence-corrected chi connectivity index (χ3v) is 2.86. The summed E-state index contributed by atoms with van der Waals surface area (Å²) in [4.78, 5) is 11.0. The first-order valence-corrected chi connectivity index (χ1v) is 6.86. The second kappa shape index (κ2) is 9.53. The predicted molar refractivity (Wildman–Crippen MR) is 76.9 cm³/mol. The summed E-state index contributed by atoms with van der Waals surface area (Å²) in [7, 11) is 1.95. The number of hydrogen-bond acceptors (Lipinski definition) is 4. The van der Waals surface area contributed by atoms with Gasteiger partial charge in [0.05, 0.1) is 6.61 Å². The van der Waals surface area contributed by atoms with Crippen molar-refractivity contribution in [2.75, 3.05) is 20.2 Å². The maximum Gasteiger partial charge on any atom is 0.323 e. The summed E-state index contributed by atoms with van der Waals surface area (Å²) >= 11 is 0. The van der Waals surface area contributed by atoms with Gasteiger partial charge in [0.1, 0.15) is 6.04 Å². The van der Waals surface area contributed by atoms with Crippen molar-refractivity contribution < 1.29 is 9.53 Å². The van der Waals surface area contributed by atoms with Gasteiger partial charge in [-0.2, -0.15) is 0 Å². The van der Waals surface area contributed by atoms with E-state index in [2.05, 4.69) is 22.8 Å². The first-order chi connectivity index (χ1) is 9.27. The van der Waals surface area contributed by atoms with E-state index in [-0.39, 0.29) is 12.0 Å². The zero-order valence-corrected chi connectivity index (χ0v) is 11.8. The van der Waals surface area contributed by atoms with Gasteiger partial charge in [-0.05, 0) is 38.9 Å².